The third-order valence-corrected chi connectivity index (χ3v) is 5.42. The van der Waals surface area contributed by atoms with Crippen molar-refractivity contribution >= 4 is 45.0 Å². The largest absolute Gasteiger partial charge is 0.452 e. The maximum Gasteiger partial charge on any atom is 0.339 e. The number of hydrogen-bond donors (Lipinski definition) is 2. The molecule has 32 heavy (non-hydrogen) atoms. The summed E-state index contributed by atoms with van der Waals surface area (Å²) in [6.45, 7) is -0.558. The van der Waals surface area contributed by atoms with Gasteiger partial charge in [-0.25, -0.2) is 14.2 Å². The van der Waals surface area contributed by atoms with E-state index in [0.717, 1.165) is 11.3 Å². The predicted molar refractivity (Wildman–Crippen MR) is 119 cm³/mol. The average molecular weight is 449 g/mol. The number of carbonyl (C=O) groups is 3. The lowest BCUT2D eigenvalue weighted by molar-refractivity contribution is -0.119. The molecule has 9 heteroatoms. The molecule has 0 saturated heterocycles. The van der Waals surface area contributed by atoms with Gasteiger partial charge in [-0.1, -0.05) is 18.2 Å². The molecule has 4 rings (SSSR count). The first-order valence-electron chi connectivity index (χ1n) is 9.42. The van der Waals surface area contributed by atoms with Crippen molar-refractivity contribution in [3.05, 3.63) is 83.0 Å². The molecule has 0 bridgehead atoms. The fourth-order valence-corrected chi connectivity index (χ4v) is 3.89. The molecule has 3 N–H and O–H groups in total. The van der Waals surface area contributed by atoms with Crippen molar-refractivity contribution in [2.24, 2.45) is 5.73 Å². The molecule has 0 atom stereocenters. The molecule has 0 aliphatic carbocycles. The number of anilines is 1. The number of benzene rings is 2. The first kappa shape index (κ1) is 21.1. The number of thiophene rings is 1. The molecule has 0 unspecified atom stereocenters. The van der Waals surface area contributed by atoms with Crippen LogP contribution in [0, 0.1) is 5.82 Å². The van der Waals surface area contributed by atoms with Crippen LogP contribution in [0.5, 0.6) is 0 Å². The monoisotopic (exact) mass is 449 g/mol. The number of hydrogen-bond acceptors (Lipinski definition) is 6. The summed E-state index contributed by atoms with van der Waals surface area (Å²) in [5.41, 5.74) is 7.30. The number of nitrogens with zero attached hydrogens (tertiary/aromatic N) is 1. The smallest absolute Gasteiger partial charge is 0.339 e. The van der Waals surface area contributed by atoms with Gasteiger partial charge in [0, 0.05) is 10.9 Å². The molecular formula is C23H16FN3O4S. The second kappa shape index (κ2) is 8.94. The summed E-state index contributed by atoms with van der Waals surface area (Å²) in [5.74, 6) is -2.38. The third kappa shape index (κ3) is 4.47. The van der Waals surface area contributed by atoms with Gasteiger partial charge in [-0.05, 0) is 47.8 Å². The highest BCUT2D eigenvalue weighted by atomic mass is 32.1. The number of halogens is 1. The summed E-state index contributed by atoms with van der Waals surface area (Å²) in [4.78, 5) is 41.0. The molecule has 0 aliphatic heterocycles. The van der Waals surface area contributed by atoms with E-state index in [-0.39, 0.29) is 21.9 Å². The molecule has 0 saturated carbocycles. The van der Waals surface area contributed by atoms with Gasteiger partial charge in [0.2, 0.25) is 0 Å². The highest BCUT2D eigenvalue weighted by molar-refractivity contribution is 7.14. The van der Waals surface area contributed by atoms with Crippen molar-refractivity contribution < 1.29 is 23.5 Å². The number of pyridine rings is 1. The van der Waals surface area contributed by atoms with Crippen molar-refractivity contribution in [3.63, 3.8) is 0 Å². The topological polar surface area (TPSA) is 111 Å². The second-order valence-corrected chi connectivity index (χ2v) is 7.65. The summed E-state index contributed by atoms with van der Waals surface area (Å²) in [5, 5.41) is 4.96. The van der Waals surface area contributed by atoms with Crippen LogP contribution in [0.25, 0.3) is 22.2 Å². The molecule has 0 spiro atoms. The summed E-state index contributed by atoms with van der Waals surface area (Å²) in [7, 11) is 0. The van der Waals surface area contributed by atoms with Crippen LogP contribution in [-0.4, -0.2) is 29.4 Å². The lowest BCUT2D eigenvalue weighted by atomic mass is 10.0. The maximum absolute atomic E-state index is 13.3. The number of nitrogens with one attached hydrogen (secondary N) is 1. The molecular weight excluding hydrogens is 433 g/mol. The van der Waals surface area contributed by atoms with Gasteiger partial charge in [0.25, 0.3) is 11.8 Å². The number of carbonyl (C=O) groups excluding carboxylic acids is 3. The third-order valence-electron chi connectivity index (χ3n) is 4.59. The Balaban J connectivity index is 1.56. The molecule has 4 aromatic rings. The van der Waals surface area contributed by atoms with Gasteiger partial charge in [0.05, 0.1) is 22.3 Å². The number of para-hydroxylation sites is 1. The van der Waals surface area contributed by atoms with Crippen LogP contribution >= 0.6 is 11.3 Å². The van der Waals surface area contributed by atoms with Gasteiger partial charge in [-0.3, -0.25) is 9.59 Å². The summed E-state index contributed by atoms with van der Waals surface area (Å²) < 4.78 is 18.5. The van der Waals surface area contributed by atoms with E-state index in [1.165, 1.54) is 18.2 Å². The Morgan fingerprint density at radius 1 is 1.03 bits per heavy atom. The van der Waals surface area contributed by atoms with E-state index in [4.69, 9.17) is 10.5 Å². The van der Waals surface area contributed by atoms with Crippen LogP contribution in [0.2, 0.25) is 0 Å². The van der Waals surface area contributed by atoms with Crippen molar-refractivity contribution in [1.82, 2.24) is 4.98 Å². The van der Waals surface area contributed by atoms with Crippen LogP contribution in [0.3, 0.4) is 0 Å². The van der Waals surface area contributed by atoms with Crippen molar-refractivity contribution in [2.45, 2.75) is 0 Å². The average Bonchev–Trinajstić information content (AvgIpc) is 3.25. The minimum atomic E-state index is -0.719. The van der Waals surface area contributed by atoms with Crippen LogP contribution < -0.4 is 11.1 Å². The second-order valence-electron chi connectivity index (χ2n) is 6.73. The summed E-state index contributed by atoms with van der Waals surface area (Å²) in [6, 6.07) is 15.8. The zero-order chi connectivity index (χ0) is 22.7. The predicted octanol–water partition coefficient (Wildman–Crippen LogP) is 4.00. The van der Waals surface area contributed by atoms with E-state index in [9.17, 15) is 18.8 Å². The van der Waals surface area contributed by atoms with Crippen molar-refractivity contribution in [3.8, 4) is 11.3 Å². The zero-order valence-corrected chi connectivity index (χ0v) is 17.3. The van der Waals surface area contributed by atoms with E-state index >= 15 is 0 Å². The molecule has 7 nitrogen and oxygen atoms in total. The van der Waals surface area contributed by atoms with Gasteiger partial charge in [-0.2, -0.15) is 0 Å². The van der Waals surface area contributed by atoms with Crippen LogP contribution in [-0.2, 0) is 9.53 Å². The number of rotatable bonds is 6. The Kier molecular flexibility index (Phi) is 5.91. The highest BCUT2D eigenvalue weighted by Gasteiger charge is 2.18. The minimum Gasteiger partial charge on any atom is -0.452 e. The first-order valence-corrected chi connectivity index (χ1v) is 10.3. The highest BCUT2D eigenvalue weighted by Crippen LogP contribution is 2.26. The van der Waals surface area contributed by atoms with E-state index in [2.05, 4.69) is 10.3 Å². The van der Waals surface area contributed by atoms with Gasteiger partial charge in [0.1, 0.15) is 10.8 Å². The van der Waals surface area contributed by atoms with Crippen LogP contribution in [0.1, 0.15) is 20.7 Å². The molecule has 0 radical (unpaired) electrons. The van der Waals surface area contributed by atoms with Crippen molar-refractivity contribution in [1.29, 1.82) is 0 Å². The Morgan fingerprint density at radius 3 is 2.53 bits per heavy atom. The van der Waals surface area contributed by atoms with Crippen molar-refractivity contribution in [2.75, 3.05) is 11.9 Å². The SMILES string of the molecule is NC(=O)c1ccsc1NC(=O)COC(=O)c1cc(-c2ccc(F)cc2)nc2ccccc12. The van der Waals surface area contributed by atoms with E-state index in [1.807, 2.05) is 0 Å². The standard InChI is InChI=1S/C23H16FN3O4S/c24-14-7-5-13(6-8-14)19-11-17(15-3-1-2-4-18(15)26-19)23(30)31-12-20(28)27-22-16(21(25)29)9-10-32-22/h1-11H,12H2,(H2,25,29)(H,27,28). The summed E-state index contributed by atoms with van der Waals surface area (Å²) in [6.07, 6.45) is 0. The Hall–Kier alpha value is -4.11. The molecule has 0 aliphatic rings. The Morgan fingerprint density at radius 2 is 1.78 bits per heavy atom. The number of amides is 2. The van der Waals surface area contributed by atoms with E-state index in [0.29, 0.717) is 22.2 Å². The number of nitrogens with two attached hydrogens (primary N) is 1. The molecule has 2 heterocycles. The quantitative estimate of drug-likeness (QED) is 0.432. The number of fused-ring (bicyclic) bond motifs is 1. The molecule has 2 amide bonds. The number of primary amides is 1. The first-order chi connectivity index (χ1) is 15.4. The molecule has 2 aromatic heterocycles. The van der Waals surface area contributed by atoms with Gasteiger partial charge < -0.3 is 15.8 Å². The lowest BCUT2D eigenvalue weighted by Gasteiger charge is -2.10. The molecule has 160 valence electrons. The molecule has 0 fully saturated rings. The maximum atomic E-state index is 13.3. The van der Waals surface area contributed by atoms with Gasteiger partial charge >= 0.3 is 5.97 Å². The van der Waals surface area contributed by atoms with Crippen LogP contribution in [0.15, 0.2) is 66.0 Å². The Bertz CT molecular complexity index is 1330. The number of aromatic nitrogens is 1. The van der Waals surface area contributed by atoms with E-state index < -0.39 is 24.4 Å². The lowest BCUT2D eigenvalue weighted by Crippen LogP contribution is -2.22. The Labute approximate surface area is 185 Å². The summed E-state index contributed by atoms with van der Waals surface area (Å²) >= 11 is 1.13. The minimum absolute atomic E-state index is 0.179. The van der Waals surface area contributed by atoms with Crippen LogP contribution in [0.4, 0.5) is 9.39 Å². The fourth-order valence-electron chi connectivity index (χ4n) is 3.08. The normalized spacial score (nSPS) is 10.7. The zero-order valence-electron chi connectivity index (χ0n) is 16.5. The number of esters is 1. The molecule has 2 aromatic carbocycles. The van der Waals surface area contributed by atoms with Gasteiger partial charge in [-0.15, -0.1) is 11.3 Å². The van der Waals surface area contributed by atoms with E-state index in [1.54, 1.807) is 47.8 Å². The fraction of sp³-hybridized carbons (Fsp3) is 0.0435. The van der Waals surface area contributed by atoms with Gasteiger partial charge in [0.15, 0.2) is 6.61 Å². The number of ether oxygens (including phenoxy) is 1.